The zero-order valence-corrected chi connectivity index (χ0v) is 18.4. The number of thiazole rings is 1. The molecule has 152 valence electrons. The maximum Gasteiger partial charge on any atom is 0.243 e. The molecule has 0 saturated carbocycles. The second-order valence-corrected chi connectivity index (χ2v) is 9.81. The Labute approximate surface area is 175 Å². The van der Waals surface area contributed by atoms with E-state index >= 15 is 0 Å². The van der Waals surface area contributed by atoms with Gasteiger partial charge in [0.2, 0.25) is 15.9 Å². The van der Waals surface area contributed by atoms with E-state index < -0.39 is 15.9 Å². The average Bonchev–Trinajstić information content (AvgIpc) is 3.13. The number of anilines is 1. The smallest absolute Gasteiger partial charge is 0.243 e. The van der Waals surface area contributed by atoms with Crippen LogP contribution in [0.15, 0.2) is 52.7 Å². The number of nitrogens with one attached hydrogen (secondary N) is 1. The molecule has 1 N–H and O–H groups in total. The fraction of sp³-hybridized carbons (Fsp3) is 0.238. The van der Waals surface area contributed by atoms with Gasteiger partial charge in [-0.25, -0.2) is 13.4 Å². The molecule has 0 atom stereocenters. The largest absolute Gasteiger partial charge is 0.301 e. The van der Waals surface area contributed by atoms with Crippen LogP contribution in [0.25, 0.3) is 11.3 Å². The van der Waals surface area contributed by atoms with Crippen molar-refractivity contribution in [3.63, 3.8) is 0 Å². The highest BCUT2D eigenvalue weighted by atomic mass is 32.2. The molecule has 6 nitrogen and oxygen atoms in total. The minimum absolute atomic E-state index is 0.150. The van der Waals surface area contributed by atoms with Crippen LogP contribution in [0, 0.1) is 20.8 Å². The lowest BCUT2D eigenvalue weighted by Crippen LogP contribution is -2.34. The maximum atomic E-state index is 12.5. The van der Waals surface area contributed by atoms with Crippen molar-refractivity contribution in [2.24, 2.45) is 0 Å². The molecular weight excluding hydrogens is 406 g/mol. The van der Waals surface area contributed by atoms with Gasteiger partial charge in [0.25, 0.3) is 0 Å². The summed E-state index contributed by atoms with van der Waals surface area (Å²) in [7, 11) is -2.34. The number of likely N-dealkylation sites (N-methyl/N-ethyl adjacent to an activating group) is 1. The number of benzene rings is 2. The van der Waals surface area contributed by atoms with Crippen LogP contribution in [-0.4, -0.2) is 37.2 Å². The lowest BCUT2D eigenvalue weighted by molar-refractivity contribution is -0.116. The Balaban J connectivity index is 1.70. The summed E-state index contributed by atoms with van der Waals surface area (Å²) in [5.74, 6) is -0.440. The molecule has 0 saturated heterocycles. The van der Waals surface area contributed by atoms with Crippen LogP contribution in [0.1, 0.15) is 16.7 Å². The molecule has 1 heterocycles. The first-order valence-corrected chi connectivity index (χ1v) is 11.4. The third-order valence-corrected chi connectivity index (χ3v) is 7.26. The van der Waals surface area contributed by atoms with E-state index in [4.69, 9.17) is 0 Å². The van der Waals surface area contributed by atoms with Crippen LogP contribution >= 0.6 is 11.3 Å². The van der Waals surface area contributed by atoms with Gasteiger partial charge in [0.1, 0.15) is 0 Å². The van der Waals surface area contributed by atoms with Gasteiger partial charge in [-0.1, -0.05) is 24.3 Å². The summed E-state index contributed by atoms with van der Waals surface area (Å²) in [6, 6.07) is 12.2. The lowest BCUT2D eigenvalue weighted by atomic mass is 9.99. The van der Waals surface area contributed by atoms with Gasteiger partial charge in [-0.3, -0.25) is 4.79 Å². The van der Waals surface area contributed by atoms with E-state index in [-0.39, 0.29) is 11.4 Å². The minimum Gasteiger partial charge on any atom is -0.301 e. The normalized spacial score (nSPS) is 11.6. The van der Waals surface area contributed by atoms with E-state index in [0.717, 1.165) is 21.1 Å². The van der Waals surface area contributed by atoms with Crippen molar-refractivity contribution in [2.45, 2.75) is 25.7 Å². The van der Waals surface area contributed by atoms with Crippen LogP contribution in [0.4, 0.5) is 5.13 Å². The number of amides is 1. The van der Waals surface area contributed by atoms with E-state index in [0.29, 0.717) is 5.13 Å². The number of carbonyl (C=O) groups is 1. The zero-order chi connectivity index (χ0) is 21.2. The van der Waals surface area contributed by atoms with Crippen molar-refractivity contribution in [2.75, 3.05) is 18.9 Å². The van der Waals surface area contributed by atoms with E-state index in [1.54, 1.807) is 18.2 Å². The summed E-state index contributed by atoms with van der Waals surface area (Å²) in [6.45, 7) is 5.85. The second-order valence-electron chi connectivity index (χ2n) is 6.91. The number of hydrogen-bond donors (Lipinski definition) is 1. The predicted molar refractivity (Wildman–Crippen MR) is 117 cm³/mol. The Hall–Kier alpha value is -2.55. The first-order valence-electron chi connectivity index (χ1n) is 9.03. The van der Waals surface area contributed by atoms with Gasteiger partial charge in [-0.2, -0.15) is 4.31 Å². The van der Waals surface area contributed by atoms with Gasteiger partial charge < -0.3 is 5.32 Å². The third-order valence-electron chi connectivity index (χ3n) is 4.68. The van der Waals surface area contributed by atoms with Gasteiger partial charge in [-0.15, -0.1) is 11.3 Å². The number of rotatable bonds is 6. The summed E-state index contributed by atoms with van der Waals surface area (Å²) >= 11 is 1.31. The molecule has 0 spiro atoms. The average molecular weight is 430 g/mol. The molecule has 8 heteroatoms. The quantitative estimate of drug-likeness (QED) is 0.642. The van der Waals surface area contributed by atoms with Crippen LogP contribution in [0.3, 0.4) is 0 Å². The molecule has 0 aliphatic carbocycles. The molecule has 2 aromatic carbocycles. The summed E-state index contributed by atoms with van der Waals surface area (Å²) in [5.41, 5.74) is 5.32. The molecular formula is C21H23N3O3S2. The van der Waals surface area contributed by atoms with E-state index in [2.05, 4.69) is 36.3 Å². The molecule has 29 heavy (non-hydrogen) atoms. The van der Waals surface area contributed by atoms with E-state index in [1.807, 2.05) is 12.3 Å². The molecule has 3 rings (SSSR count). The van der Waals surface area contributed by atoms with Crippen molar-refractivity contribution >= 4 is 32.4 Å². The molecule has 0 radical (unpaired) electrons. The van der Waals surface area contributed by atoms with Gasteiger partial charge >= 0.3 is 0 Å². The van der Waals surface area contributed by atoms with Gasteiger partial charge in [-0.05, 0) is 55.7 Å². The fourth-order valence-corrected chi connectivity index (χ4v) is 4.78. The van der Waals surface area contributed by atoms with Gasteiger partial charge in [0.15, 0.2) is 5.13 Å². The molecule has 0 unspecified atom stereocenters. The second kappa shape index (κ2) is 8.44. The Morgan fingerprint density at radius 1 is 1.07 bits per heavy atom. The minimum atomic E-state index is -3.72. The highest BCUT2D eigenvalue weighted by molar-refractivity contribution is 7.89. The number of sulfonamides is 1. The van der Waals surface area contributed by atoms with Gasteiger partial charge in [0, 0.05) is 18.0 Å². The van der Waals surface area contributed by atoms with Crippen molar-refractivity contribution in [1.82, 2.24) is 9.29 Å². The summed E-state index contributed by atoms with van der Waals surface area (Å²) in [5, 5.41) is 5.02. The van der Waals surface area contributed by atoms with E-state index in [9.17, 15) is 13.2 Å². The van der Waals surface area contributed by atoms with Crippen molar-refractivity contribution < 1.29 is 13.2 Å². The molecule has 0 bridgehead atoms. The maximum absolute atomic E-state index is 12.5. The lowest BCUT2D eigenvalue weighted by Gasteiger charge is -2.16. The number of carbonyl (C=O) groups excluding carboxylic acids is 1. The zero-order valence-electron chi connectivity index (χ0n) is 16.8. The molecule has 0 aliphatic rings. The molecule has 3 aromatic rings. The first kappa shape index (κ1) is 21.2. The summed E-state index contributed by atoms with van der Waals surface area (Å²) < 4.78 is 26.1. The highest BCUT2D eigenvalue weighted by Gasteiger charge is 2.23. The van der Waals surface area contributed by atoms with E-state index in [1.165, 1.54) is 41.6 Å². The van der Waals surface area contributed by atoms with Crippen LogP contribution in [0.5, 0.6) is 0 Å². The predicted octanol–water partition coefficient (Wildman–Crippen LogP) is 3.99. The first-order chi connectivity index (χ1) is 13.7. The number of nitrogens with zero attached hydrogens (tertiary/aromatic N) is 2. The monoisotopic (exact) mass is 429 g/mol. The summed E-state index contributed by atoms with van der Waals surface area (Å²) in [4.78, 5) is 17.0. The number of aromatic nitrogens is 1. The third kappa shape index (κ3) is 4.72. The topological polar surface area (TPSA) is 79.4 Å². The molecule has 1 aromatic heterocycles. The molecule has 0 fully saturated rings. The van der Waals surface area contributed by atoms with Crippen molar-refractivity contribution in [3.8, 4) is 11.3 Å². The van der Waals surface area contributed by atoms with Crippen LogP contribution in [-0.2, 0) is 14.8 Å². The van der Waals surface area contributed by atoms with Gasteiger partial charge in [0.05, 0.1) is 17.1 Å². The Kier molecular flexibility index (Phi) is 6.16. The SMILES string of the molecule is Cc1cc(C)c(-c2csc(NC(=O)CN(C)S(=O)(=O)c3ccccc3)n2)cc1C. The Bertz CT molecular complexity index is 1140. The number of hydrogen-bond acceptors (Lipinski definition) is 5. The Morgan fingerprint density at radius 3 is 2.41 bits per heavy atom. The Morgan fingerprint density at radius 2 is 1.72 bits per heavy atom. The van der Waals surface area contributed by atoms with Crippen molar-refractivity contribution in [1.29, 1.82) is 0 Å². The standard InChI is InChI=1S/C21H23N3O3S2/c1-14-10-16(3)18(11-15(14)2)19-13-28-21(22-19)23-20(25)12-24(4)29(26,27)17-8-6-5-7-9-17/h5-11,13H,12H2,1-4H3,(H,22,23,25). The van der Waals surface area contributed by atoms with Crippen molar-refractivity contribution in [3.05, 3.63) is 64.5 Å². The van der Waals surface area contributed by atoms with Crippen LogP contribution < -0.4 is 5.32 Å². The number of aryl methyl sites for hydroxylation is 3. The highest BCUT2D eigenvalue weighted by Crippen LogP contribution is 2.29. The van der Waals surface area contributed by atoms with Crippen LogP contribution in [0.2, 0.25) is 0 Å². The summed E-state index contributed by atoms with van der Waals surface area (Å²) in [6.07, 6.45) is 0. The molecule has 0 aliphatic heterocycles. The fourth-order valence-electron chi connectivity index (χ4n) is 2.91. The molecule has 1 amide bonds.